The molecule has 100 valence electrons. The first-order chi connectivity index (χ1) is 9.31. The van der Waals surface area contributed by atoms with Gasteiger partial charge in [-0.15, -0.1) is 0 Å². The highest BCUT2D eigenvalue weighted by Crippen LogP contribution is 2.35. The molecule has 0 bridgehead atoms. The van der Waals surface area contributed by atoms with E-state index in [2.05, 4.69) is 15.2 Å². The highest BCUT2D eigenvalue weighted by Gasteiger charge is 2.22. The van der Waals surface area contributed by atoms with Crippen molar-refractivity contribution in [2.45, 2.75) is 25.7 Å². The molecule has 3 rings (SSSR count). The van der Waals surface area contributed by atoms with Crippen LogP contribution >= 0.6 is 0 Å². The maximum Gasteiger partial charge on any atom is 0.238 e. The van der Waals surface area contributed by atoms with E-state index in [0.29, 0.717) is 6.54 Å². The van der Waals surface area contributed by atoms with Crippen LogP contribution in [-0.2, 0) is 4.79 Å². The number of nitrogens with zero attached hydrogens (tertiary/aromatic N) is 2. The summed E-state index contributed by atoms with van der Waals surface area (Å²) in [6.45, 7) is 2.51. The number of nitrogens with one attached hydrogen (secondary N) is 1. The number of allylic oxidation sites excluding steroid dienone is 1. The van der Waals surface area contributed by atoms with E-state index >= 15 is 0 Å². The van der Waals surface area contributed by atoms with Gasteiger partial charge in [-0.05, 0) is 37.8 Å². The van der Waals surface area contributed by atoms with Crippen LogP contribution < -0.4 is 5.32 Å². The van der Waals surface area contributed by atoms with Gasteiger partial charge in [0.1, 0.15) is 0 Å². The summed E-state index contributed by atoms with van der Waals surface area (Å²) in [5.74, 6) is 0.0514. The molecule has 1 saturated carbocycles. The molecule has 1 amide bonds. The van der Waals surface area contributed by atoms with Gasteiger partial charge in [-0.3, -0.25) is 14.7 Å². The second-order valence-corrected chi connectivity index (χ2v) is 5.27. The molecule has 1 saturated heterocycles. The van der Waals surface area contributed by atoms with Gasteiger partial charge in [-0.2, -0.15) is 0 Å². The van der Waals surface area contributed by atoms with E-state index in [4.69, 9.17) is 0 Å². The first kappa shape index (κ1) is 12.4. The van der Waals surface area contributed by atoms with E-state index in [1.165, 1.54) is 12.8 Å². The zero-order chi connectivity index (χ0) is 13.1. The van der Waals surface area contributed by atoms with Crippen LogP contribution in [0.2, 0.25) is 0 Å². The number of carbonyl (C=O) groups excluding carboxylic acids is 1. The van der Waals surface area contributed by atoms with Gasteiger partial charge in [0, 0.05) is 19.3 Å². The molecule has 2 heterocycles. The Kier molecular flexibility index (Phi) is 3.60. The van der Waals surface area contributed by atoms with Gasteiger partial charge in [-0.25, -0.2) is 0 Å². The summed E-state index contributed by atoms with van der Waals surface area (Å²) in [5.41, 5.74) is 4.11. The van der Waals surface area contributed by atoms with Crippen LogP contribution in [0.4, 0.5) is 5.69 Å². The Balaban J connectivity index is 1.47. The van der Waals surface area contributed by atoms with Gasteiger partial charge in [-0.1, -0.05) is 11.1 Å². The number of aromatic nitrogens is 1. The van der Waals surface area contributed by atoms with E-state index in [1.807, 2.05) is 12.1 Å². The third-order valence-electron chi connectivity index (χ3n) is 3.77. The van der Waals surface area contributed by atoms with Gasteiger partial charge in [0.15, 0.2) is 0 Å². The number of amides is 1. The topological polar surface area (TPSA) is 45.2 Å². The Hall–Kier alpha value is -1.68. The van der Waals surface area contributed by atoms with Crippen molar-refractivity contribution in [1.82, 2.24) is 9.88 Å². The quantitative estimate of drug-likeness (QED) is 0.844. The van der Waals surface area contributed by atoms with Crippen molar-refractivity contribution in [2.24, 2.45) is 0 Å². The molecule has 1 aromatic heterocycles. The van der Waals surface area contributed by atoms with E-state index in [1.54, 1.807) is 23.5 Å². The number of piperidine rings is 1. The van der Waals surface area contributed by atoms with E-state index in [-0.39, 0.29) is 5.91 Å². The molecule has 0 atom stereocenters. The SMILES string of the molecule is O=C(CN1CCC(=C2CC2)CC1)Nc1cccnc1. The summed E-state index contributed by atoms with van der Waals surface area (Å²) in [6, 6.07) is 3.68. The van der Waals surface area contributed by atoms with E-state index < -0.39 is 0 Å². The van der Waals surface area contributed by atoms with Gasteiger partial charge in [0.25, 0.3) is 0 Å². The number of carbonyl (C=O) groups is 1. The lowest BCUT2D eigenvalue weighted by atomic mass is 10.0. The van der Waals surface area contributed by atoms with Crippen LogP contribution in [0.3, 0.4) is 0 Å². The third kappa shape index (κ3) is 3.41. The number of hydrogen-bond acceptors (Lipinski definition) is 3. The Bertz CT molecular complexity index is 479. The van der Waals surface area contributed by atoms with Gasteiger partial charge in [0.05, 0.1) is 18.4 Å². The average Bonchev–Trinajstić information content (AvgIpc) is 3.25. The summed E-state index contributed by atoms with van der Waals surface area (Å²) in [4.78, 5) is 18.1. The number of pyridine rings is 1. The molecule has 0 aromatic carbocycles. The fourth-order valence-corrected chi connectivity index (χ4v) is 2.59. The van der Waals surface area contributed by atoms with Gasteiger partial charge in [0.2, 0.25) is 5.91 Å². The first-order valence-electron chi connectivity index (χ1n) is 6.93. The molecule has 2 fully saturated rings. The van der Waals surface area contributed by atoms with Crippen molar-refractivity contribution in [1.29, 1.82) is 0 Å². The molecular formula is C15H19N3O. The number of rotatable bonds is 3. The molecule has 4 nitrogen and oxygen atoms in total. The molecule has 0 radical (unpaired) electrons. The van der Waals surface area contributed by atoms with E-state index in [0.717, 1.165) is 31.6 Å². The Morgan fingerprint density at radius 2 is 1.95 bits per heavy atom. The maximum absolute atomic E-state index is 11.9. The third-order valence-corrected chi connectivity index (χ3v) is 3.77. The number of likely N-dealkylation sites (tertiary alicyclic amines) is 1. The lowest BCUT2D eigenvalue weighted by Gasteiger charge is -2.27. The van der Waals surface area contributed by atoms with Crippen LogP contribution in [0.15, 0.2) is 35.7 Å². The summed E-state index contributed by atoms with van der Waals surface area (Å²) in [5, 5.41) is 2.88. The molecule has 19 heavy (non-hydrogen) atoms. The number of hydrogen-bond donors (Lipinski definition) is 1. The van der Waals surface area contributed by atoms with Crippen molar-refractivity contribution in [2.75, 3.05) is 25.0 Å². The second kappa shape index (κ2) is 5.53. The molecular weight excluding hydrogens is 238 g/mol. The fraction of sp³-hybridized carbons (Fsp3) is 0.467. The Labute approximate surface area is 113 Å². The number of anilines is 1. The largest absolute Gasteiger partial charge is 0.324 e. The van der Waals surface area contributed by atoms with Crippen LogP contribution in [-0.4, -0.2) is 35.4 Å². The molecule has 0 spiro atoms. The zero-order valence-electron chi connectivity index (χ0n) is 11.1. The Morgan fingerprint density at radius 1 is 1.21 bits per heavy atom. The summed E-state index contributed by atoms with van der Waals surface area (Å²) in [7, 11) is 0. The highest BCUT2D eigenvalue weighted by molar-refractivity contribution is 5.92. The van der Waals surface area contributed by atoms with Crippen molar-refractivity contribution in [3.8, 4) is 0 Å². The zero-order valence-corrected chi connectivity index (χ0v) is 11.1. The molecule has 0 unspecified atom stereocenters. The molecule has 1 aliphatic heterocycles. The molecule has 1 aliphatic carbocycles. The van der Waals surface area contributed by atoms with Crippen LogP contribution in [0, 0.1) is 0 Å². The predicted molar refractivity (Wildman–Crippen MR) is 74.8 cm³/mol. The first-order valence-corrected chi connectivity index (χ1v) is 6.93. The van der Waals surface area contributed by atoms with Crippen molar-refractivity contribution in [3.63, 3.8) is 0 Å². The smallest absolute Gasteiger partial charge is 0.238 e. The second-order valence-electron chi connectivity index (χ2n) is 5.27. The maximum atomic E-state index is 11.9. The predicted octanol–water partition coefficient (Wildman–Crippen LogP) is 2.21. The minimum atomic E-state index is 0.0514. The van der Waals surface area contributed by atoms with Crippen LogP contribution in [0.1, 0.15) is 25.7 Å². The normalized spacial score (nSPS) is 19.4. The summed E-state index contributed by atoms with van der Waals surface area (Å²) in [6.07, 6.45) is 8.30. The lowest BCUT2D eigenvalue weighted by Crippen LogP contribution is -2.37. The molecule has 1 aromatic rings. The van der Waals surface area contributed by atoms with Gasteiger partial charge < -0.3 is 5.32 Å². The van der Waals surface area contributed by atoms with Gasteiger partial charge >= 0.3 is 0 Å². The molecule has 2 aliphatic rings. The average molecular weight is 257 g/mol. The standard InChI is InChI=1S/C15H19N3O/c19-15(17-14-2-1-7-16-10-14)11-18-8-5-13(6-9-18)12-3-4-12/h1-2,7,10H,3-6,8-9,11H2,(H,17,19). The Morgan fingerprint density at radius 3 is 2.58 bits per heavy atom. The van der Waals surface area contributed by atoms with E-state index in [9.17, 15) is 4.79 Å². The van der Waals surface area contributed by atoms with Crippen molar-refractivity contribution < 1.29 is 4.79 Å². The van der Waals surface area contributed by atoms with Crippen molar-refractivity contribution in [3.05, 3.63) is 35.7 Å². The lowest BCUT2D eigenvalue weighted by molar-refractivity contribution is -0.117. The van der Waals surface area contributed by atoms with Crippen LogP contribution in [0.5, 0.6) is 0 Å². The summed E-state index contributed by atoms with van der Waals surface area (Å²) < 4.78 is 0. The highest BCUT2D eigenvalue weighted by atomic mass is 16.2. The summed E-state index contributed by atoms with van der Waals surface area (Å²) >= 11 is 0. The fourth-order valence-electron chi connectivity index (χ4n) is 2.59. The molecule has 1 N–H and O–H groups in total. The van der Waals surface area contributed by atoms with Crippen LogP contribution in [0.25, 0.3) is 0 Å². The monoisotopic (exact) mass is 257 g/mol. The van der Waals surface area contributed by atoms with Crippen molar-refractivity contribution >= 4 is 11.6 Å². The minimum Gasteiger partial charge on any atom is -0.324 e. The molecule has 4 heteroatoms. The minimum absolute atomic E-state index is 0.0514.